The molecule has 0 aromatic carbocycles. The second-order valence-electron chi connectivity index (χ2n) is 11.9. The highest BCUT2D eigenvalue weighted by Gasteiger charge is 2.71. The molecule has 0 radical (unpaired) electrons. The van der Waals surface area contributed by atoms with Crippen LogP contribution in [0.5, 0.6) is 0 Å². The zero-order valence-electron chi connectivity index (χ0n) is 20.3. The second kappa shape index (κ2) is 7.58. The summed E-state index contributed by atoms with van der Waals surface area (Å²) in [5, 5.41) is 22.8. The van der Waals surface area contributed by atoms with Gasteiger partial charge in [-0.25, -0.2) is 0 Å². The van der Waals surface area contributed by atoms with Gasteiger partial charge in [0.2, 0.25) is 0 Å². The molecule has 3 nitrogen and oxygen atoms in total. The average Bonchev–Trinajstić information content (AvgIpc) is 2.94. The summed E-state index contributed by atoms with van der Waals surface area (Å²) in [6.07, 6.45) is 8.06. The fourth-order valence-corrected chi connectivity index (χ4v) is 10.0. The molecule has 0 heterocycles. The molecule has 0 amide bonds. The molecule has 2 N–H and O–H groups in total. The Balaban J connectivity index is 1.86. The molecule has 172 valence electrons. The summed E-state index contributed by atoms with van der Waals surface area (Å²) in [6, 6.07) is 0. The summed E-state index contributed by atoms with van der Waals surface area (Å²) in [5.41, 5.74) is -1.09. The van der Waals surface area contributed by atoms with E-state index in [-0.39, 0.29) is 28.8 Å². The lowest BCUT2D eigenvalue weighted by atomic mass is 9.37. The highest BCUT2D eigenvalue weighted by molar-refractivity contribution is 5.90. The monoisotopic (exact) mass is 418 g/mol. The van der Waals surface area contributed by atoms with Crippen molar-refractivity contribution in [3.63, 3.8) is 0 Å². The average molecular weight is 419 g/mol. The first kappa shape index (κ1) is 22.8. The van der Waals surface area contributed by atoms with Crippen LogP contribution in [0.1, 0.15) is 99.3 Å². The Morgan fingerprint density at radius 2 is 1.60 bits per heavy atom. The Morgan fingerprint density at radius 3 is 2.17 bits per heavy atom. The largest absolute Gasteiger partial charge is 0.393 e. The van der Waals surface area contributed by atoms with Crippen molar-refractivity contribution in [2.24, 2.45) is 52.3 Å². The topological polar surface area (TPSA) is 57.5 Å². The predicted molar refractivity (Wildman–Crippen MR) is 121 cm³/mol. The molecule has 30 heavy (non-hydrogen) atoms. The van der Waals surface area contributed by atoms with E-state index < -0.39 is 5.60 Å². The van der Waals surface area contributed by atoms with Crippen LogP contribution in [0.2, 0.25) is 0 Å². The molecule has 6 unspecified atom stereocenters. The lowest BCUT2D eigenvalue weighted by Gasteiger charge is -2.68. The van der Waals surface area contributed by atoms with E-state index in [4.69, 9.17) is 0 Å². The van der Waals surface area contributed by atoms with Crippen LogP contribution in [0.25, 0.3) is 0 Å². The van der Waals surface area contributed by atoms with Gasteiger partial charge in [0.25, 0.3) is 0 Å². The molecule has 0 bridgehead atoms. The van der Waals surface area contributed by atoms with Gasteiger partial charge in [0.05, 0.1) is 11.7 Å². The van der Waals surface area contributed by atoms with E-state index in [1.165, 1.54) is 0 Å². The number of aliphatic hydroxyl groups is 2. The molecule has 11 atom stereocenters. The van der Waals surface area contributed by atoms with E-state index >= 15 is 0 Å². The van der Waals surface area contributed by atoms with Crippen LogP contribution in [0.3, 0.4) is 0 Å². The van der Waals surface area contributed by atoms with Gasteiger partial charge in [-0.2, -0.15) is 0 Å². The lowest BCUT2D eigenvalue weighted by molar-refractivity contribution is -0.269. The molecule has 0 spiro atoms. The molecule has 4 rings (SSSR count). The summed E-state index contributed by atoms with van der Waals surface area (Å²) in [7, 11) is 0. The van der Waals surface area contributed by atoms with Gasteiger partial charge in [-0.1, -0.05) is 60.8 Å². The van der Waals surface area contributed by atoms with Crippen LogP contribution in [0.4, 0.5) is 0 Å². The molecular formula is C27H46O3. The van der Waals surface area contributed by atoms with Crippen molar-refractivity contribution >= 4 is 5.78 Å². The molecule has 4 aliphatic carbocycles. The summed E-state index contributed by atoms with van der Waals surface area (Å²) in [4.78, 5) is 13.7. The van der Waals surface area contributed by atoms with Crippen LogP contribution in [-0.2, 0) is 4.79 Å². The van der Waals surface area contributed by atoms with E-state index in [9.17, 15) is 15.0 Å². The number of hydrogen-bond acceptors (Lipinski definition) is 3. The van der Waals surface area contributed by atoms with Crippen LogP contribution in [-0.4, -0.2) is 27.7 Å². The van der Waals surface area contributed by atoms with Crippen molar-refractivity contribution in [1.29, 1.82) is 0 Å². The summed E-state index contributed by atoms with van der Waals surface area (Å²) < 4.78 is 0. The smallest absolute Gasteiger partial charge is 0.142 e. The van der Waals surface area contributed by atoms with Gasteiger partial charge in [0.1, 0.15) is 5.78 Å². The van der Waals surface area contributed by atoms with E-state index in [2.05, 4.69) is 41.5 Å². The third kappa shape index (κ3) is 2.66. The summed E-state index contributed by atoms with van der Waals surface area (Å²) in [6.45, 7) is 13.7. The minimum Gasteiger partial charge on any atom is -0.393 e. The summed E-state index contributed by atoms with van der Waals surface area (Å²) >= 11 is 0. The highest BCUT2D eigenvalue weighted by Crippen LogP contribution is 2.72. The van der Waals surface area contributed by atoms with E-state index in [1.54, 1.807) is 0 Å². The fraction of sp³-hybridized carbons (Fsp3) is 0.963. The van der Waals surface area contributed by atoms with E-state index in [0.29, 0.717) is 41.8 Å². The van der Waals surface area contributed by atoms with Gasteiger partial charge in [-0.05, 0) is 73.0 Å². The number of fused-ring (bicyclic) bond motifs is 5. The number of carbonyl (C=O) groups is 1. The number of rotatable bonds is 4. The minimum atomic E-state index is -0.774. The van der Waals surface area contributed by atoms with Crippen LogP contribution >= 0.6 is 0 Å². The Morgan fingerprint density at radius 1 is 0.933 bits per heavy atom. The first-order chi connectivity index (χ1) is 14.1. The quantitative estimate of drug-likeness (QED) is 0.623. The molecule has 0 aromatic heterocycles. The van der Waals surface area contributed by atoms with Crippen molar-refractivity contribution in [2.75, 3.05) is 0 Å². The van der Waals surface area contributed by atoms with Gasteiger partial charge < -0.3 is 10.2 Å². The van der Waals surface area contributed by atoms with Crippen molar-refractivity contribution < 1.29 is 15.0 Å². The van der Waals surface area contributed by atoms with Crippen LogP contribution < -0.4 is 0 Å². The summed E-state index contributed by atoms with van der Waals surface area (Å²) in [5.74, 6) is 3.41. The number of ketones is 1. The van der Waals surface area contributed by atoms with Gasteiger partial charge in [-0.15, -0.1) is 0 Å². The van der Waals surface area contributed by atoms with Crippen molar-refractivity contribution in [3.8, 4) is 0 Å². The van der Waals surface area contributed by atoms with Gasteiger partial charge in [0.15, 0.2) is 0 Å². The predicted octanol–water partition coefficient (Wildman–Crippen LogP) is 5.62. The zero-order chi connectivity index (χ0) is 22.1. The Bertz CT molecular complexity index is 675. The van der Waals surface area contributed by atoms with E-state index in [1.807, 2.05) is 0 Å². The Hall–Kier alpha value is -0.410. The number of aliphatic hydroxyl groups excluding tert-OH is 1. The Labute approximate surface area is 184 Å². The fourth-order valence-electron chi connectivity index (χ4n) is 10.0. The molecule has 0 aliphatic heterocycles. The van der Waals surface area contributed by atoms with Crippen molar-refractivity contribution in [3.05, 3.63) is 0 Å². The highest BCUT2D eigenvalue weighted by atomic mass is 16.3. The molecule has 0 aromatic rings. The molecule has 3 heteroatoms. The van der Waals surface area contributed by atoms with Gasteiger partial charge in [-0.3, -0.25) is 4.79 Å². The van der Waals surface area contributed by atoms with Gasteiger partial charge in [0, 0.05) is 17.8 Å². The maximum atomic E-state index is 13.7. The SMILES string of the molecule is CCC1C(=O)[C@@]2(C)CC[C@@H]3[C@@H](C(CC)C(CC)C4(O)CC(O)CC[C@]34C)[C@@H]2C1CC. The number of hydrogen-bond donors (Lipinski definition) is 2. The standard InChI is InChI=1S/C27H46O3/c1-7-17-18(8-2)24(29)25(5)13-12-21-22(23(17)25)19(9-3)20(10-4)27(30)15-16(28)11-14-26(21,27)6/h16-23,28,30H,7-15H2,1-6H3/t16?,17?,18?,19?,20?,21-,22-,23+,25+,26-,27?/m1/s1. The molecule has 0 saturated heterocycles. The Kier molecular flexibility index (Phi) is 5.75. The molecular weight excluding hydrogens is 372 g/mol. The second-order valence-corrected chi connectivity index (χ2v) is 11.9. The first-order valence-corrected chi connectivity index (χ1v) is 13.1. The normalized spacial score (nSPS) is 55.7. The maximum absolute atomic E-state index is 13.7. The van der Waals surface area contributed by atoms with Gasteiger partial charge >= 0.3 is 0 Å². The van der Waals surface area contributed by atoms with Crippen molar-refractivity contribution in [2.45, 2.75) is 111 Å². The lowest BCUT2D eigenvalue weighted by Crippen LogP contribution is -2.69. The van der Waals surface area contributed by atoms with Crippen LogP contribution in [0, 0.1) is 52.3 Å². The molecule has 4 fully saturated rings. The number of Topliss-reactive ketones (excluding diaryl/α,β-unsaturated/α-hetero) is 1. The van der Waals surface area contributed by atoms with Crippen LogP contribution in [0.15, 0.2) is 0 Å². The first-order valence-electron chi connectivity index (χ1n) is 13.1. The minimum absolute atomic E-state index is 0.143. The maximum Gasteiger partial charge on any atom is 0.142 e. The molecule has 4 saturated carbocycles. The number of carbonyl (C=O) groups excluding carboxylic acids is 1. The third-order valence-corrected chi connectivity index (χ3v) is 11.3. The third-order valence-electron chi connectivity index (χ3n) is 11.3. The molecule has 4 aliphatic rings. The van der Waals surface area contributed by atoms with E-state index in [0.717, 1.165) is 51.4 Å². The zero-order valence-corrected chi connectivity index (χ0v) is 20.3. The van der Waals surface area contributed by atoms with Crippen molar-refractivity contribution in [1.82, 2.24) is 0 Å².